The van der Waals surface area contributed by atoms with E-state index < -0.39 is 11.7 Å². The number of nitrogens with one attached hydrogen (secondary N) is 1. The fourth-order valence-corrected chi connectivity index (χ4v) is 2.79. The van der Waals surface area contributed by atoms with E-state index in [1.54, 1.807) is 12.1 Å². The molecule has 0 aliphatic heterocycles. The van der Waals surface area contributed by atoms with Crippen molar-refractivity contribution in [3.8, 4) is 5.69 Å². The van der Waals surface area contributed by atoms with Crippen molar-refractivity contribution in [3.05, 3.63) is 69.4 Å². The fourth-order valence-electron chi connectivity index (χ4n) is 2.00. The molecule has 116 valence electrons. The van der Waals surface area contributed by atoms with Gasteiger partial charge in [0.15, 0.2) is 0 Å². The van der Waals surface area contributed by atoms with Crippen LogP contribution in [0.1, 0.15) is 10.4 Å². The number of benzene rings is 2. The van der Waals surface area contributed by atoms with Crippen LogP contribution in [0.3, 0.4) is 0 Å². The molecule has 5 nitrogen and oxygen atoms in total. The van der Waals surface area contributed by atoms with Crippen LogP contribution < -0.4 is 5.32 Å². The standard InChI is InChI=1S/C15H9Br2FN4O/c16-9-1-4-14(22-8-19-7-20-22)13(5-9)21-15(23)11-6-10(18)2-3-12(11)17/h1-8H,(H,21,23). The lowest BCUT2D eigenvalue weighted by Crippen LogP contribution is -2.15. The summed E-state index contributed by atoms with van der Waals surface area (Å²) >= 11 is 6.62. The fraction of sp³-hybridized carbons (Fsp3) is 0. The second-order valence-corrected chi connectivity index (χ2v) is 6.35. The summed E-state index contributed by atoms with van der Waals surface area (Å²) in [6, 6.07) is 9.29. The lowest BCUT2D eigenvalue weighted by atomic mass is 10.2. The molecule has 0 saturated heterocycles. The molecule has 0 unspecified atom stereocenters. The molecule has 0 aliphatic rings. The summed E-state index contributed by atoms with van der Waals surface area (Å²) in [6.07, 6.45) is 2.92. The zero-order chi connectivity index (χ0) is 16.4. The number of carbonyl (C=O) groups excluding carboxylic acids is 1. The van der Waals surface area contributed by atoms with Crippen molar-refractivity contribution >= 4 is 43.5 Å². The minimum absolute atomic E-state index is 0.203. The van der Waals surface area contributed by atoms with Gasteiger partial charge >= 0.3 is 0 Å². The summed E-state index contributed by atoms with van der Waals surface area (Å²) in [4.78, 5) is 16.3. The molecule has 1 amide bonds. The Labute approximate surface area is 147 Å². The second-order valence-electron chi connectivity index (χ2n) is 4.58. The Morgan fingerprint density at radius 1 is 1.17 bits per heavy atom. The molecule has 0 aliphatic carbocycles. The van der Waals surface area contributed by atoms with E-state index in [0.29, 0.717) is 15.8 Å². The van der Waals surface area contributed by atoms with Gasteiger partial charge in [-0.25, -0.2) is 14.1 Å². The largest absolute Gasteiger partial charge is 0.320 e. The molecule has 0 atom stereocenters. The number of halogens is 3. The Balaban J connectivity index is 1.98. The number of hydrogen-bond donors (Lipinski definition) is 1. The van der Waals surface area contributed by atoms with Crippen molar-refractivity contribution in [2.75, 3.05) is 5.32 Å². The molecule has 0 saturated carbocycles. The first-order valence-corrected chi connectivity index (χ1v) is 8.04. The molecule has 0 bridgehead atoms. The van der Waals surface area contributed by atoms with Crippen molar-refractivity contribution in [1.82, 2.24) is 14.8 Å². The maximum Gasteiger partial charge on any atom is 0.256 e. The van der Waals surface area contributed by atoms with E-state index in [1.807, 2.05) is 6.07 Å². The van der Waals surface area contributed by atoms with E-state index in [4.69, 9.17) is 0 Å². The van der Waals surface area contributed by atoms with Gasteiger partial charge in [-0.05, 0) is 52.3 Å². The number of nitrogens with zero attached hydrogens (tertiary/aromatic N) is 3. The van der Waals surface area contributed by atoms with Crippen LogP contribution in [0.25, 0.3) is 5.69 Å². The molecule has 3 aromatic rings. The molecule has 1 aromatic heterocycles. The molecule has 0 fully saturated rings. The van der Waals surface area contributed by atoms with Gasteiger partial charge in [0, 0.05) is 8.95 Å². The number of aromatic nitrogens is 3. The van der Waals surface area contributed by atoms with Gasteiger partial charge in [-0.15, -0.1) is 0 Å². The van der Waals surface area contributed by atoms with E-state index in [2.05, 4.69) is 47.3 Å². The number of hydrogen-bond acceptors (Lipinski definition) is 3. The maximum absolute atomic E-state index is 13.4. The molecular weight excluding hydrogens is 431 g/mol. The quantitative estimate of drug-likeness (QED) is 0.665. The van der Waals surface area contributed by atoms with E-state index in [-0.39, 0.29) is 5.56 Å². The molecule has 0 spiro atoms. The van der Waals surface area contributed by atoms with Gasteiger partial charge in [-0.1, -0.05) is 15.9 Å². The van der Waals surface area contributed by atoms with Crippen LogP contribution in [0.5, 0.6) is 0 Å². The Morgan fingerprint density at radius 3 is 2.74 bits per heavy atom. The number of rotatable bonds is 3. The van der Waals surface area contributed by atoms with Crippen molar-refractivity contribution < 1.29 is 9.18 Å². The highest BCUT2D eigenvalue weighted by atomic mass is 79.9. The maximum atomic E-state index is 13.4. The van der Waals surface area contributed by atoms with Crippen LogP contribution in [0.4, 0.5) is 10.1 Å². The number of carbonyl (C=O) groups is 1. The summed E-state index contributed by atoms with van der Waals surface area (Å²) < 4.78 is 16.2. The topological polar surface area (TPSA) is 59.8 Å². The summed E-state index contributed by atoms with van der Waals surface area (Å²) in [7, 11) is 0. The molecule has 1 heterocycles. The summed E-state index contributed by atoms with van der Waals surface area (Å²) in [5.41, 5.74) is 1.37. The summed E-state index contributed by atoms with van der Waals surface area (Å²) in [6.45, 7) is 0. The van der Waals surface area contributed by atoms with E-state index in [1.165, 1.54) is 35.5 Å². The van der Waals surface area contributed by atoms with Gasteiger partial charge in [-0.3, -0.25) is 4.79 Å². The van der Waals surface area contributed by atoms with Crippen LogP contribution in [-0.4, -0.2) is 20.7 Å². The second kappa shape index (κ2) is 6.59. The third-order valence-corrected chi connectivity index (χ3v) is 4.23. The van der Waals surface area contributed by atoms with E-state index in [0.717, 1.165) is 4.47 Å². The SMILES string of the molecule is O=C(Nc1cc(Br)ccc1-n1cncn1)c1cc(F)ccc1Br. The van der Waals surface area contributed by atoms with E-state index in [9.17, 15) is 9.18 Å². The molecule has 2 aromatic carbocycles. The highest BCUT2D eigenvalue weighted by molar-refractivity contribution is 9.10. The molecule has 23 heavy (non-hydrogen) atoms. The van der Waals surface area contributed by atoms with Crippen LogP contribution in [0, 0.1) is 5.82 Å². The van der Waals surface area contributed by atoms with Crippen LogP contribution >= 0.6 is 31.9 Å². The van der Waals surface area contributed by atoms with Gasteiger partial charge < -0.3 is 5.32 Å². The van der Waals surface area contributed by atoms with Crippen molar-refractivity contribution in [3.63, 3.8) is 0 Å². The molecule has 8 heteroatoms. The molecule has 0 radical (unpaired) electrons. The lowest BCUT2D eigenvalue weighted by Gasteiger charge is -2.12. The minimum Gasteiger partial charge on any atom is -0.320 e. The van der Waals surface area contributed by atoms with Gasteiger partial charge in [0.2, 0.25) is 0 Å². The smallest absolute Gasteiger partial charge is 0.256 e. The van der Waals surface area contributed by atoms with Gasteiger partial charge in [0.1, 0.15) is 18.5 Å². The van der Waals surface area contributed by atoms with Crippen LogP contribution in [0.2, 0.25) is 0 Å². The molecule has 1 N–H and O–H groups in total. The van der Waals surface area contributed by atoms with Gasteiger partial charge in [0.25, 0.3) is 5.91 Å². The first-order valence-electron chi connectivity index (χ1n) is 6.45. The third-order valence-electron chi connectivity index (χ3n) is 3.05. The predicted molar refractivity (Wildman–Crippen MR) is 91.1 cm³/mol. The first kappa shape index (κ1) is 15.8. The zero-order valence-corrected chi connectivity index (χ0v) is 14.7. The summed E-state index contributed by atoms with van der Waals surface area (Å²) in [5, 5.41) is 6.83. The van der Waals surface area contributed by atoms with Crippen molar-refractivity contribution in [1.29, 1.82) is 0 Å². The first-order chi connectivity index (χ1) is 11.0. The average molecular weight is 440 g/mol. The minimum atomic E-state index is -0.482. The van der Waals surface area contributed by atoms with Crippen molar-refractivity contribution in [2.24, 2.45) is 0 Å². The van der Waals surface area contributed by atoms with Crippen LogP contribution in [0.15, 0.2) is 58.0 Å². The van der Waals surface area contributed by atoms with E-state index >= 15 is 0 Å². The summed E-state index contributed by atoms with van der Waals surface area (Å²) in [5.74, 6) is -0.917. The Morgan fingerprint density at radius 2 is 2.00 bits per heavy atom. The lowest BCUT2D eigenvalue weighted by molar-refractivity contribution is 0.102. The highest BCUT2D eigenvalue weighted by Gasteiger charge is 2.14. The zero-order valence-electron chi connectivity index (χ0n) is 11.5. The average Bonchev–Trinajstić information content (AvgIpc) is 3.04. The number of amides is 1. The highest BCUT2D eigenvalue weighted by Crippen LogP contribution is 2.26. The Kier molecular flexibility index (Phi) is 4.53. The normalized spacial score (nSPS) is 10.6. The third kappa shape index (κ3) is 3.48. The van der Waals surface area contributed by atoms with Gasteiger partial charge in [-0.2, -0.15) is 5.10 Å². The number of anilines is 1. The Bertz CT molecular complexity index is 868. The molecular formula is C15H9Br2FN4O. The van der Waals surface area contributed by atoms with Crippen LogP contribution in [-0.2, 0) is 0 Å². The molecule has 3 rings (SSSR count). The monoisotopic (exact) mass is 438 g/mol. The van der Waals surface area contributed by atoms with Crippen molar-refractivity contribution in [2.45, 2.75) is 0 Å². The Hall–Kier alpha value is -2.06. The predicted octanol–water partition coefficient (Wildman–Crippen LogP) is 4.18. The van der Waals surface area contributed by atoms with Gasteiger partial charge in [0.05, 0.1) is 16.9 Å².